The number of aromatic nitrogens is 2. The lowest BCUT2D eigenvalue weighted by atomic mass is 9.96. The fourth-order valence-corrected chi connectivity index (χ4v) is 3.29. The largest absolute Gasteiger partial charge is 0.508 e. The van der Waals surface area contributed by atoms with Gasteiger partial charge in [-0.05, 0) is 48.9 Å². The Morgan fingerprint density at radius 1 is 1.20 bits per heavy atom. The summed E-state index contributed by atoms with van der Waals surface area (Å²) in [6, 6.07) is 14.8. The third kappa shape index (κ3) is 5.41. The van der Waals surface area contributed by atoms with Crippen molar-refractivity contribution in [3.05, 3.63) is 88.1 Å². The number of phenolic OH excluding ortho intramolecular Hbond substituents is 1. The van der Waals surface area contributed by atoms with Crippen LogP contribution in [0.2, 0.25) is 0 Å². The molecule has 0 aliphatic heterocycles. The zero-order valence-corrected chi connectivity index (χ0v) is 17.2. The molecule has 5 nitrogen and oxygen atoms in total. The number of aromatic hydroxyl groups is 1. The molecule has 0 radical (unpaired) electrons. The highest BCUT2D eigenvalue weighted by Gasteiger charge is 2.13. The van der Waals surface area contributed by atoms with Crippen molar-refractivity contribution in [3.8, 4) is 11.4 Å². The maximum atomic E-state index is 13.1. The van der Waals surface area contributed by atoms with E-state index >= 15 is 0 Å². The number of hydrogen-bond donors (Lipinski definition) is 1. The predicted molar refractivity (Wildman–Crippen MR) is 117 cm³/mol. The fourth-order valence-electron chi connectivity index (χ4n) is 3.29. The van der Waals surface area contributed by atoms with Crippen LogP contribution >= 0.6 is 0 Å². The molecule has 0 fully saturated rings. The molecule has 0 bridgehead atoms. The molecule has 1 N–H and O–H groups in total. The molecule has 1 heterocycles. The Kier molecular flexibility index (Phi) is 7.12. The van der Waals surface area contributed by atoms with Gasteiger partial charge in [0.05, 0.1) is 5.69 Å². The third-order valence-corrected chi connectivity index (χ3v) is 5.14. The summed E-state index contributed by atoms with van der Waals surface area (Å²) in [6.45, 7) is 4.65. The molecule has 1 aromatic heterocycles. The average Bonchev–Trinajstić information content (AvgIpc) is 2.75. The van der Waals surface area contributed by atoms with Gasteiger partial charge in [-0.2, -0.15) is 5.10 Å². The molecule has 156 valence electrons. The van der Waals surface area contributed by atoms with Crippen LogP contribution in [0.25, 0.3) is 5.69 Å². The second-order valence-corrected chi connectivity index (χ2v) is 7.37. The minimum atomic E-state index is -0.238. The Morgan fingerprint density at radius 3 is 2.67 bits per heavy atom. The molecule has 0 aliphatic rings. The minimum Gasteiger partial charge on any atom is -0.508 e. The Labute approximate surface area is 175 Å². The van der Waals surface area contributed by atoms with Gasteiger partial charge in [-0.25, -0.2) is 9.07 Å². The van der Waals surface area contributed by atoms with Crippen molar-refractivity contribution in [2.24, 2.45) is 4.99 Å². The molecular formula is C24H26FN3O2. The Morgan fingerprint density at radius 2 is 1.97 bits per heavy atom. The van der Waals surface area contributed by atoms with Crippen LogP contribution in [0.4, 0.5) is 4.39 Å². The van der Waals surface area contributed by atoms with Gasteiger partial charge in [-0.3, -0.25) is 9.79 Å². The average molecular weight is 407 g/mol. The van der Waals surface area contributed by atoms with Crippen molar-refractivity contribution in [1.82, 2.24) is 9.78 Å². The van der Waals surface area contributed by atoms with Crippen LogP contribution in [-0.4, -0.2) is 27.6 Å². The summed E-state index contributed by atoms with van der Waals surface area (Å²) in [6.07, 6.45) is 4.93. The summed E-state index contributed by atoms with van der Waals surface area (Å²) >= 11 is 0. The van der Waals surface area contributed by atoms with Gasteiger partial charge in [-0.15, -0.1) is 0 Å². The highest BCUT2D eigenvalue weighted by atomic mass is 19.1. The van der Waals surface area contributed by atoms with Gasteiger partial charge in [0.15, 0.2) is 0 Å². The van der Waals surface area contributed by atoms with E-state index in [0.717, 1.165) is 12.0 Å². The zero-order chi connectivity index (χ0) is 21.5. The van der Waals surface area contributed by atoms with Gasteiger partial charge < -0.3 is 5.11 Å². The van der Waals surface area contributed by atoms with Crippen LogP contribution in [0.5, 0.6) is 5.75 Å². The van der Waals surface area contributed by atoms with Crippen LogP contribution in [0.15, 0.2) is 70.6 Å². The van der Waals surface area contributed by atoms with Crippen LogP contribution < -0.4 is 5.43 Å². The molecule has 30 heavy (non-hydrogen) atoms. The molecule has 0 amide bonds. The van der Waals surface area contributed by atoms with Crippen LogP contribution in [0.1, 0.15) is 49.8 Å². The molecule has 3 rings (SSSR count). The number of phenols is 1. The normalized spacial score (nSPS) is 13.4. The van der Waals surface area contributed by atoms with E-state index in [2.05, 4.69) is 17.0 Å². The second-order valence-electron chi connectivity index (χ2n) is 7.37. The first-order valence-corrected chi connectivity index (χ1v) is 10.1. The maximum absolute atomic E-state index is 13.1. The van der Waals surface area contributed by atoms with E-state index in [1.807, 2.05) is 19.2 Å². The van der Waals surface area contributed by atoms with Crippen molar-refractivity contribution in [2.45, 2.75) is 38.5 Å². The van der Waals surface area contributed by atoms with Crippen molar-refractivity contribution in [2.75, 3.05) is 6.54 Å². The summed E-state index contributed by atoms with van der Waals surface area (Å²) < 4.78 is 14.7. The molecule has 0 saturated carbocycles. The van der Waals surface area contributed by atoms with E-state index in [1.165, 1.54) is 18.2 Å². The molecule has 0 aliphatic carbocycles. The van der Waals surface area contributed by atoms with E-state index in [4.69, 9.17) is 0 Å². The minimum absolute atomic E-state index is 0.100. The Balaban J connectivity index is 1.66. The zero-order valence-electron chi connectivity index (χ0n) is 17.2. The van der Waals surface area contributed by atoms with E-state index in [9.17, 15) is 14.3 Å². The number of benzene rings is 2. The molecule has 2 aromatic carbocycles. The number of aliphatic imine (C=N–C) groups is 1. The summed E-state index contributed by atoms with van der Waals surface area (Å²) in [4.78, 5) is 16.9. The van der Waals surface area contributed by atoms with Crippen molar-refractivity contribution >= 4 is 6.21 Å². The van der Waals surface area contributed by atoms with Gasteiger partial charge >= 0.3 is 0 Å². The second kappa shape index (κ2) is 9.96. The lowest BCUT2D eigenvalue weighted by molar-refractivity contribution is 0.474. The van der Waals surface area contributed by atoms with Crippen molar-refractivity contribution in [1.29, 1.82) is 0 Å². The van der Waals surface area contributed by atoms with Gasteiger partial charge in [0.25, 0.3) is 0 Å². The lowest BCUT2D eigenvalue weighted by Gasteiger charge is -2.13. The quantitative estimate of drug-likeness (QED) is 0.544. The number of rotatable bonds is 8. The molecular weight excluding hydrogens is 381 g/mol. The summed E-state index contributed by atoms with van der Waals surface area (Å²) in [5.74, 6) is 0.0333. The van der Waals surface area contributed by atoms with Gasteiger partial charge in [0, 0.05) is 36.7 Å². The van der Waals surface area contributed by atoms with E-state index in [1.54, 1.807) is 41.2 Å². The van der Waals surface area contributed by atoms with Crippen LogP contribution in [0.3, 0.4) is 0 Å². The maximum Gasteiger partial charge on any atom is 0.203 e. The van der Waals surface area contributed by atoms with Gasteiger partial charge in [0.1, 0.15) is 17.3 Å². The van der Waals surface area contributed by atoms with E-state index < -0.39 is 0 Å². The fraction of sp³-hybridized carbons (Fsp3) is 0.292. The number of hydrogen-bond acceptors (Lipinski definition) is 4. The van der Waals surface area contributed by atoms with Crippen molar-refractivity contribution < 1.29 is 9.50 Å². The van der Waals surface area contributed by atoms with E-state index in [0.29, 0.717) is 24.3 Å². The summed E-state index contributed by atoms with van der Waals surface area (Å²) in [7, 11) is 0. The topological polar surface area (TPSA) is 67.5 Å². The smallest absolute Gasteiger partial charge is 0.203 e. The molecule has 3 aromatic rings. The first-order valence-electron chi connectivity index (χ1n) is 10.1. The molecule has 0 spiro atoms. The standard InChI is InChI=1S/C24H26FN3O2/c1-3-18(19-7-9-20(25)10-8-19)16-26-13-11-17(2)24-23(30)12-14-28(27-24)21-5-4-6-22(29)15-21/h4-10,12-15,17-18,29H,3,11,16H2,1-2H3. The molecule has 0 saturated heterocycles. The van der Waals surface area contributed by atoms with Crippen LogP contribution in [0, 0.1) is 5.82 Å². The van der Waals surface area contributed by atoms with Crippen molar-refractivity contribution in [3.63, 3.8) is 0 Å². The number of halogens is 1. The van der Waals surface area contributed by atoms with E-state index in [-0.39, 0.29) is 28.8 Å². The SMILES string of the molecule is CCC(CN=CCC(C)c1nn(-c2cccc(O)c2)ccc1=O)c1ccc(F)cc1. The third-order valence-electron chi connectivity index (χ3n) is 5.14. The first kappa shape index (κ1) is 21.4. The highest BCUT2D eigenvalue weighted by Crippen LogP contribution is 2.21. The monoisotopic (exact) mass is 407 g/mol. The summed E-state index contributed by atoms with van der Waals surface area (Å²) in [5.41, 5.74) is 2.09. The molecule has 2 unspecified atom stereocenters. The Hall–Kier alpha value is -3.28. The Bertz CT molecular complexity index is 1060. The lowest BCUT2D eigenvalue weighted by Crippen LogP contribution is -2.18. The molecule has 2 atom stereocenters. The highest BCUT2D eigenvalue weighted by molar-refractivity contribution is 5.58. The number of nitrogens with zero attached hydrogens (tertiary/aromatic N) is 3. The predicted octanol–water partition coefficient (Wildman–Crippen LogP) is 4.84. The first-order chi connectivity index (χ1) is 14.5. The van der Waals surface area contributed by atoms with Gasteiger partial charge in [-0.1, -0.05) is 32.0 Å². The van der Waals surface area contributed by atoms with Crippen LogP contribution in [-0.2, 0) is 0 Å². The summed E-state index contributed by atoms with van der Waals surface area (Å²) in [5, 5.41) is 14.1. The van der Waals surface area contributed by atoms with Gasteiger partial charge in [0.2, 0.25) is 5.43 Å². The molecule has 6 heteroatoms.